The van der Waals surface area contributed by atoms with Crippen molar-refractivity contribution < 1.29 is 18.0 Å². The summed E-state index contributed by atoms with van der Waals surface area (Å²) < 4.78 is 40.0. The minimum absolute atomic E-state index is 0.282. The van der Waals surface area contributed by atoms with Crippen molar-refractivity contribution in [3.63, 3.8) is 0 Å². The Morgan fingerprint density at radius 1 is 1.11 bits per heavy atom. The number of nitrogens with one attached hydrogen (secondary N) is 2. The minimum atomic E-state index is -4.56. The van der Waals surface area contributed by atoms with Gasteiger partial charge >= 0.3 is 6.18 Å². The lowest BCUT2D eigenvalue weighted by atomic mass is 9.91. The van der Waals surface area contributed by atoms with Crippen molar-refractivity contribution in [2.45, 2.75) is 25.2 Å². The number of rotatable bonds is 3. The summed E-state index contributed by atoms with van der Waals surface area (Å²) in [6, 6.07) is 18.5. The van der Waals surface area contributed by atoms with Crippen LogP contribution < -0.4 is 16.4 Å². The fourth-order valence-corrected chi connectivity index (χ4v) is 5.64. The molecule has 1 atom stereocenters. The molecular weight excluding hydrogens is 473 g/mol. The number of fused-ring (bicyclic) bond motifs is 2. The largest absolute Gasteiger partial charge is 0.418 e. The van der Waals surface area contributed by atoms with Crippen molar-refractivity contribution in [2.75, 3.05) is 11.1 Å². The highest BCUT2D eigenvalue weighted by atomic mass is 32.1. The van der Waals surface area contributed by atoms with Gasteiger partial charge in [0.05, 0.1) is 11.1 Å². The van der Waals surface area contributed by atoms with Gasteiger partial charge < -0.3 is 16.4 Å². The molecule has 1 aliphatic heterocycles. The number of amides is 1. The molecule has 1 aliphatic rings. The Morgan fingerprint density at radius 2 is 1.86 bits per heavy atom. The van der Waals surface area contributed by atoms with E-state index in [1.165, 1.54) is 17.4 Å². The smallest absolute Gasteiger partial charge is 0.398 e. The molecule has 0 saturated carbocycles. The third kappa shape index (κ3) is 4.11. The number of alkyl halides is 3. The van der Waals surface area contributed by atoms with Crippen molar-refractivity contribution >= 4 is 38.7 Å². The Hall–Kier alpha value is -3.87. The van der Waals surface area contributed by atoms with E-state index in [0.717, 1.165) is 21.7 Å². The van der Waals surface area contributed by atoms with E-state index in [2.05, 4.69) is 16.7 Å². The minimum Gasteiger partial charge on any atom is -0.398 e. The van der Waals surface area contributed by atoms with Crippen LogP contribution in [0.4, 0.5) is 23.9 Å². The maximum atomic E-state index is 13.3. The Kier molecular flexibility index (Phi) is 5.71. The number of benzene rings is 3. The highest BCUT2D eigenvalue weighted by Crippen LogP contribution is 2.42. The summed E-state index contributed by atoms with van der Waals surface area (Å²) in [5.74, 6) is -0.330. The molecule has 176 valence electrons. The number of anilines is 2. The molecule has 0 saturated heterocycles. The van der Waals surface area contributed by atoms with Crippen LogP contribution in [-0.4, -0.2) is 5.91 Å². The number of nitrogens with zero attached hydrogens (tertiary/aromatic N) is 1. The molecule has 0 aliphatic carbocycles. The molecule has 0 bridgehead atoms. The van der Waals surface area contributed by atoms with Crippen LogP contribution in [0.2, 0.25) is 0 Å². The lowest BCUT2D eigenvalue weighted by molar-refractivity contribution is -0.136. The van der Waals surface area contributed by atoms with Gasteiger partial charge in [-0.15, -0.1) is 11.3 Å². The average molecular weight is 493 g/mol. The number of nitrogens with two attached hydrogens (primary N) is 1. The van der Waals surface area contributed by atoms with Gasteiger partial charge in [0.15, 0.2) is 0 Å². The van der Waals surface area contributed by atoms with Crippen LogP contribution in [0.15, 0.2) is 60.7 Å². The summed E-state index contributed by atoms with van der Waals surface area (Å²) in [4.78, 5) is 14.0. The van der Waals surface area contributed by atoms with E-state index in [1.54, 1.807) is 18.2 Å². The number of halogens is 3. The van der Waals surface area contributed by atoms with Crippen molar-refractivity contribution in [3.8, 4) is 6.07 Å². The van der Waals surface area contributed by atoms with E-state index in [0.29, 0.717) is 33.8 Å². The topological polar surface area (TPSA) is 90.9 Å². The second-order valence-corrected chi connectivity index (χ2v) is 9.35. The van der Waals surface area contributed by atoms with Crippen molar-refractivity contribution in [1.29, 1.82) is 5.26 Å². The summed E-state index contributed by atoms with van der Waals surface area (Å²) in [7, 11) is 0. The zero-order valence-corrected chi connectivity index (χ0v) is 19.1. The summed E-state index contributed by atoms with van der Waals surface area (Å²) in [5, 5.41) is 18.1. The number of para-hydroxylation sites is 1. The van der Waals surface area contributed by atoms with Crippen LogP contribution >= 0.6 is 11.3 Å². The molecule has 0 radical (unpaired) electrons. The second-order valence-electron chi connectivity index (χ2n) is 8.24. The van der Waals surface area contributed by atoms with Gasteiger partial charge in [-0.25, -0.2) is 0 Å². The first-order valence-electron chi connectivity index (χ1n) is 10.8. The van der Waals surface area contributed by atoms with Crippen LogP contribution in [0.1, 0.15) is 43.5 Å². The van der Waals surface area contributed by atoms with Gasteiger partial charge in [-0.05, 0) is 40.5 Å². The van der Waals surface area contributed by atoms with Crippen LogP contribution in [0, 0.1) is 11.3 Å². The molecule has 4 N–H and O–H groups in total. The molecule has 0 spiro atoms. The molecule has 0 fully saturated rings. The highest BCUT2D eigenvalue weighted by Gasteiger charge is 2.35. The van der Waals surface area contributed by atoms with Gasteiger partial charge in [0.2, 0.25) is 0 Å². The quantitative estimate of drug-likeness (QED) is 0.305. The van der Waals surface area contributed by atoms with Gasteiger partial charge in [0.25, 0.3) is 5.91 Å². The molecule has 1 unspecified atom stereocenters. The predicted molar refractivity (Wildman–Crippen MR) is 130 cm³/mol. The fraction of sp³-hybridized carbons (Fsp3) is 0.154. The van der Waals surface area contributed by atoms with Crippen LogP contribution in [0.25, 0.3) is 10.8 Å². The molecule has 35 heavy (non-hydrogen) atoms. The highest BCUT2D eigenvalue weighted by molar-refractivity contribution is 7.16. The fourth-order valence-electron chi connectivity index (χ4n) is 4.52. The zero-order valence-electron chi connectivity index (χ0n) is 18.2. The van der Waals surface area contributed by atoms with E-state index in [-0.39, 0.29) is 18.0 Å². The first-order chi connectivity index (χ1) is 16.8. The first kappa shape index (κ1) is 22.9. The van der Waals surface area contributed by atoms with Crippen molar-refractivity contribution in [3.05, 3.63) is 93.4 Å². The van der Waals surface area contributed by atoms with Gasteiger partial charge in [-0.3, -0.25) is 4.79 Å². The Balaban J connectivity index is 1.46. The maximum absolute atomic E-state index is 13.3. The monoisotopic (exact) mass is 492 g/mol. The van der Waals surface area contributed by atoms with Crippen molar-refractivity contribution in [2.24, 2.45) is 0 Å². The van der Waals surface area contributed by atoms with Crippen molar-refractivity contribution in [1.82, 2.24) is 5.32 Å². The van der Waals surface area contributed by atoms with E-state index >= 15 is 0 Å². The number of hydrogen-bond acceptors (Lipinski definition) is 5. The Morgan fingerprint density at radius 3 is 2.63 bits per heavy atom. The van der Waals surface area contributed by atoms with Gasteiger partial charge in [-0.1, -0.05) is 48.5 Å². The van der Waals surface area contributed by atoms with Gasteiger partial charge in [-0.2, -0.15) is 18.4 Å². The van der Waals surface area contributed by atoms with Crippen LogP contribution in [0.5, 0.6) is 0 Å². The summed E-state index contributed by atoms with van der Waals surface area (Å²) >= 11 is 1.30. The van der Waals surface area contributed by atoms with E-state index < -0.39 is 17.8 Å². The third-order valence-electron chi connectivity index (χ3n) is 6.20. The molecule has 1 amide bonds. The van der Waals surface area contributed by atoms with E-state index in [9.17, 15) is 23.2 Å². The number of carbonyl (C=O) groups excluding carboxylic acids is 1. The zero-order chi connectivity index (χ0) is 24.7. The number of carbonyl (C=O) groups is 1. The number of hydrogen-bond donors (Lipinski definition) is 3. The standard InChI is InChI=1S/C26H19F3N4OS/c27-26(28,29)20-10-4-9-17(23(20)31)21-11-18-19(12-30)25(35-22(18)13-32-21)33-24(34)16-8-3-6-14-5-1-2-7-15(14)16/h1-10,21,32H,11,13,31H2,(H,33,34). The number of nitrogen functional groups attached to an aromatic ring is 1. The van der Waals surface area contributed by atoms with E-state index in [1.807, 2.05) is 30.3 Å². The van der Waals surface area contributed by atoms with Crippen LogP contribution in [0.3, 0.4) is 0 Å². The molecule has 4 aromatic rings. The third-order valence-corrected chi connectivity index (χ3v) is 7.35. The molecule has 3 aromatic carbocycles. The number of thiophene rings is 1. The molecule has 9 heteroatoms. The van der Waals surface area contributed by atoms with Gasteiger partial charge in [0, 0.05) is 28.7 Å². The lowest BCUT2D eigenvalue weighted by Gasteiger charge is -2.26. The summed E-state index contributed by atoms with van der Waals surface area (Å²) in [5.41, 5.74) is 6.56. The Labute approximate surface area is 203 Å². The second kappa shape index (κ2) is 8.73. The average Bonchev–Trinajstić information content (AvgIpc) is 3.19. The molecular formula is C26H19F3N4OS. The maximum Gasteiger partial charge on any atom is 0.418 e. The molecule has 2 heterocycles. The summed E-state index contributed by atoms with van der Waals surface area (Å²) in [6.45, 7) is 0.346. The molecule has 1 aromatic heterocycles. The molecule has 5 rings (SSSR count). The lowest BCUT2D eigenvalue weighted by Crippen LogP contribution is -2.29. The van der Waals surface area contributed by atoms with E-state index in [4.69, 9.17) is 5.73 Å². The first-order valence-corrected chi connectivity index (χ1v) is 11.6. The normalized spacial score (nSPS) is 15.4. The molecule has 5 nitrogen and oxygen atoms in total. The van der Waals surface area contributed by atoms with Gasteiger partial charge in [0.1, 0.15) is 11.1 Å². The number of nitriles is 1. The van der Waals surface area contributed by atoms with Crippen LogP contribution in [-0.2, 0) is 19.1 Å². The SMILES string of the molecule is N#Cc1c(NC(=O)c2cccc3ccccc23)sc2c1CC(c1cccc(C(F)(F)F)c1N)NC2. The Bertz CT molecular complexity index is 1500. The predicted octanol–water partition coefficient (Wildman–Crippen LogP) is 6.01. The summed E-state index contributed by atoms with van der Waals surface area (Å²) in [6.07, 6.45) is -4.27.